The highest BCUT2D eigenvalue weighted by Crippen LogP contribution is 2.26. The van der Waals surface area contributed by atoms with Gasteiger partial charge in [0.05, 0.1) is 6.21 Å². The molecule has 2 amide bonds. The van der Waals surface area contributed by atoms with E-state index in [4.69, 9.17) is 0 Å². The predicted octanol–water partition coefficient (Wildman–Crippen LogP) is 3.40. The molecule has 0 radical (unpaired) electrons. The van der Waals surface area contributed by atoms with Crippen LogP contribution in [0.5, 0.6) is 0 Å². The molecule has 0 saturated heterocycles. The van der Waals surface area contributed by atoms with Gasteiger partial charge in [-0.05, 0) is 56.2 Å². The molecule has 0 spiro atoms. The lowest BCUT2D eigenvalue weighted by molar-refractivity contribution is -0.139. The zero-order chi connectivity index (χ0) is 19.1. The van der Waals surface area contributed by atoms with E-state index in [1.807, 2.05) is 30.3 Å². The number of carbonyl (C=O) groups is 2. The third-order valence-electron chi connectivity index (χ3n) is 3.80. The minimum atomic E-state index is -0.804. The van der Waals surface area contributed by atoms with Gasteiger partial charge in [0.15, 0.2) is 0 Å². The Labute approximate surface area is 161 Å². The van der Waals surface area contributed by atoms with Crippen LogP contribution in [0.4, 0.5) is 11.4 Å². The zero-order valence-corrected chi connectivity index (χ0v) is 16.5. The smallest absolute Gasteiger partial charge is 0.329 e. The molecule has 2 aromatic carbocycles. The van der Waals surface area contributed by atoms with Gasteiger partial charge in [-0.25, -0.2) is 5.43 Å². The van der Waals surface area contributed by atoms with Crippen LogP contribution in [0.2, 0.25) is 0 Å². The summed E-state index contributed by atoms with van der Waals surface area (Å²) < 4.78 is 0.875. The van der Waals surface area contributed by atoms with Gasteiger partial charge in [-0.2, -0.15) is 5.10 Å². The molecule has 0 saturated carbocycles. The second-order valence-corrected chi connectivity index (χ2v) is 6.58. The van der Waals surface area contributed by atoms with Crippen molar-refractivity contribution in [2.75, 3.05) is 11.9 Å². The predicted molar refractivity (Wildman–Crippen MR) is 108 cm³/mol. The third kappa shape index (κ3) is 5.16. The maximum atomic E-state index is 11.6. The fourth-order valence-electron chi connectivity index (χ4n) is 2.24. The Hall–Kier alpha value is -2.67. The van der Waals surface area contributed by atoms with Crippen molar-refractivity contribution in [1.29, 1.82) is 0 Å². The van der Waals surface area contributed by atoms with E-state index in [0.29, 0.717) is 6.54 Å². The number of hydrogen-bond acceptors (Lipinski definition) is 4. The van der Waals surface area contributed by atoms with E-state index in [0.717, 1.165) is 27.0 Å². The number of benzene rings is 2. The Bertz CT molecular complexity index is 849. The summed E-state index contributed by atoms with van der Waals surface area (Å²) in [6.45, 7) is 6.23. The van der Waals surface area contributed by atoms with Crippen LogP contribution in [0.1, 0.15) is 23.6 Å². The van der Waals surface area contributed by atoms with Crippen LogP contribution in [-0.4, -0.2) is 24.6 Å². The summed E-state index contributed by atoms with van der Waals surface area (Å²) in [6.07, 6.45) is 1.50. The van der Waals surface area contributed by atoms with Crippen LogP contribution >= 0.6 is 15.9 Å². The van der Waals surface area contributed by atoms with Crippen molar-refractivity contribution >= 4 is 45.3 Å². The Morgan fingerprint density at radius 3 is 2.62 bits per heavy atom. The van der Waals surface area contributed by atoms with E-state index < -0.39 is 11.8 Å². The largest absolute Gasteiger partial charge is 0.355 e. The van der Waals surface area contributed by atoms with Crippen molar-refractivity contribution in [1.82, 2.24) is 10.7 Å². The molecule has 0 atom stereocenters. The first-order chi connectivity index (χ1) is 12.4. The lowest BCUT2D eigenvalue weighted by atomic mass is 10.1. The number of likely N-dealkylation sites (N-methyl/N-ethyl adjacent to an activating group) is 1. The Kier molecular flexibility index (Phi) is 6.91. The summed E-state index contributed by atoms with van der Waals surface area (Å²) in [4.78, 5) is 23.0. The van der Waals surface area contributed by atoms with Crippen molar-refractivity contribution in [3.63, 3.8) is 0 Å². The molecule has 26 heavy (non-hydrogen) atoms. The summed E-state index contributed by atoms with van der Waals surface area (Å²) in [5.41, 5.74) is 7.15. The SMILES string of the molecule is CCNC(=O)C(=O)N/N=C\c1cc(Br)ccc1Nc1cccc(C)c1C. The Balaban J connectivity index is 2.19. The summed E-state index contributed by atoms with van der Waals surface area (Å²) in [7, 11) is 0. The monoisotopic (exact) mass is 416 g/mol. The summed E-state index contributed by atoms with van der Waals surface area (Å²) >= 11 is 3.43. The van der Waals surface area contributed by atoms with Crippen LogP contribution in [0.15, 0.2) is 46.0 Å². The minimum Gasteiger partial charge on any atom is -0.355 e. The molecule has 0 aromatic heterocycles. The normalized spacial score (nSPS) is 10.6. The van der Waals surface area contributed by atoms with Gasteiger partial charge in [-0.15, -0.1) is 0 Å². The van der Waals surface area contributed by atoms with Crippen LogP contribution in [-0.2, 0) is 9.59 Å². The van der Waals surface area contributed by atoms with Crippen molar-refractivity contribution in [3.8, 4) is 0 Å². The number of aryl methyl sites for hydroxylation is 1. The van der Waals surface area contributed by atoms with E-state index in [-0.39, 0.29) is 0 Å². The number of rotatable bonds is 5. The van der Waals surface area contributed by atoms with Gasteiger partial charge in [0.2, 0.25) is 0 Å². The molecule has 0 unspecified atom stereocenters. The van der Waals surface area contributed by atoms with E-state index in [2.05, 4.69) is 57.0 Å². The summed E-state index contributed by atoms with van der Waals surface area (Å²) in [5.74, 6) is -1.52. The van der Waals surface area contributed by atoms with Crippen molar-refractivity contribution in [2.24, 2.45) is 5.10 Å². The van der Waals surface area contributed by atoms with Crippen LogP contribution < -0.4 is 16.1 Å². The average molecular weight is 417 g/mol. The van der Waals surface area contributed by atoms with Gasteiger partial charge in [0, 0.05) is 28.0 Å². The summed E-state index contributed by atoms with van der Waals surface area (Å²) in [6, 6.07) is 11.7. The molecule has 0 heterocycles. The number of hydrazone groups is 1. The maximum Gasteiger partial charge on any atom is 0.329 e. The molecule has 0 aliphatic rings. The molecule has 0 aliphatic heterocycles. The molecule has 3 N–H and O–H groups in total. The molecule has 7 heteroatoms. The zero-order valence-electron chi connectivity index (χ0n) is 14.9. The van der Waals surface area contributed by atoms with Gasteiger partial charge >= 0.3 is 11.8 Å². The molecule has 136 valence electrons. The number of anilines is 2. The number of hydrogen-bond donors (Lipinski definition) is 3. The molecule has 0 aliphatic carbocycles. The van der Waals surface area contributed by atoms with Gasteiger partial charge in [0.25, 0.3) is 0 Å². The fraction of sp³-hybridized carbons (Fsp3) is 0.211. The van der Waals surface area contributed by atoms with Gasteiger partial charge in [-0.3, -0.25) is 9.59 Å². The highest BCUT2D eigenvalue weighted by molar-refractivity contribution is 9.10. The van der Waals surface area contributed by atoms with E-state index >= 15 is 0 Å². The lowest BCUT2D eigenvalue weighted by Gasteiger charge is -2.13. The molecule has 2 aromatic rings. The average Bonchev–Trinajstić information content (AvgIpc) is 2.61. The van der Waals surface area contributed by atoms with Crippen LogP contribution in [0.3, 0.4) is 0 Å². The highest BCUT2D eigenvalue weighted by Gasteiger charge is 2.10. The van der Waals surface area contributed by atoms with Crippen LogP contribution in [0, 0.1) is 13.8 Å². The molecule has 2 rings (SSSR count). The Morgan fingerprint density at radius 1 is 1.12 bits per heavy atom. The standard InChI is InChI=1S/C19H21BrN4O2/c1-4-21-18(25)19(26)24-22-11-14-10-15(20)8-9-17(14)23-16-7-5-6-12(2)13(16)3/h5-11,23H,4H2,1-3H3,(H,21,25)(H,24,26)/b22-11-. The van der Waals surface area contributed by atoms with Gasteiger partial charge < -0.3 is 10.6 Å². The van der Waals surface area contributed by atoms with Crippen molar-refractivity contribution in [3.05, 3.63) is 57.6 Å². The lowest BCUT2D eigenvalue weighted by Crippen LogP contribution is -2.37. The first-order valence-corrected chi connectivity index (χ1v) is 8.95. The van der Waals surface area contributed by atoms with E-state index in [1.165, 1.54) is 11.8 Å². The molecular weight excluding hydrogens is 396 g/mol. The number of amides is 2. The molecule has 6 nitrogen and oxygen atoms in total. The van der Waals surface area contributed by atoms with Crippen molar-refractivity contribution in [2.45, 2.75) is 20.8 Å². The van der Waals surface area contributed by atoms with Gasteiger partial charge in [0.1, 0.15) is 0 Å². The third-order valence-corrected chi connectivity index (χ3v) is 4.29. The first kappa shape index (κ1) is 19.7. The fourth-order valence-corrected chi connectivity index (χ4v) is 2.62. The van der Waals surface area contributed by atoms with Gasteiger partial charge in [-0.1, -0.05) is 28.1 Å². The van der Waals surface area contributed by atoms with Crippen LogP contribution in [0.25, 0.3) is 0 Å². The molecular formula is C19H21BrN4O2. The number of halogens is 1. The Morgan fingerprint density at radius 2 is 1.88 bits per heavy atom. The summed E-state index contributed by atoms with van der Waals surface area (Å²) in [5, 5.41) is 9.68. The van der Waals surface area contributed by atoms with E-state index in [9.17, 15) is 9.59 Å². The highest BCUT2D eigenvalue weighted by atomic mass is 79.9. The quantitative estimate of drug-likeness (QED) is 0.396. The second kappa shape index (κ2) is 9.15. The topological polar surface area (TPSA) is 82.6 Å². The van der Waals surface area contributed by atoms with E-state index in [1.54, 1.807) is 6.92 Å². The molecule has 0 fully saturated rings. The number of carbonyl (C=O) groups excluding carboxylic acids is 2. The first-order valence-electron chi connectivity index (χ1n) is 8.16. The number of nitrogens with one attached hydrogen (secondary N) is 3. The molecule has 0 bridgehead atoms. The maximum absolute atomic E-state index is 11.6. The minimum absolute atomic E-state index is 0.380. The van der Waals surface area contributed by atoms with Crippen molar-refractivity contribution < 1.29 is 9.59 Å². The number of nitrogens with zero attached hydrogens (tertiary/aromatic N) is 1. The second-order valence-electron chi connectivity index (χ2n) is 5.66.